The molecular formula is C21H29N5O. The van der Waals surface area contributed by atoms with Crippen molar-refractivity contribution in [1.82, 2.24) is 14.9 Å². The Morgan fingerprint density at radius 2 is 1.81 bits per heavy atom. The van der Waals surface area contributed by atoms with Crippen molar-refractivity contribution < 1.29 is 4.79 Å². The maximum atomic E-state index is 13.0. The van der Waals surface area contributed by atoms with Crippen LogP contribution in [0.3, 0.4) is 0 Å². The molecular weight excluding hydrogens is 338 g/mol. The van der Waals surface area contributed by atoms with Crippen molar-refractivity contribution in [1.29, 1.82) is 0 Å². The lowest BCUT2D eigenvalue weighted by atomic mass is 9.95. The number of nitrogens with one attached hydrogen (secondary N) is 1. The van der Waals surface area contributed by atoms with Crippen molar-refractivity contribution in [3.05, 3.63) is 47.7 Å². The van der Waals surface area contributed by atoms with Crippen LogP contribution < -0.4 is 10.2 Å². The molecule has 1 amide bonds. The molecule has 0 spiro atoms. The van der Waals surface area contributed by atoms with Crippen LogP contribution in [0.15, 0.2) is 36.4 Å². The normalized spacial score (nSPS) is 15.5. The second kappa shape index (κ2) is 8.84. The van der Waals surface area contributed by atoms with Crippen LogP contribution in [0.5, 0.6) is 0 Å². The summed E-state index contributed by atoms with van der Waals surface area (Å²) >= 11 is 0. The van der Waals surface area contributed by atoms with E-state index < -0.39 is 0 Å². The molecule has 1 aromatic carbocycles. The SMILES string of the molecule is CCNc1nc(C)cc(N2CCN(C(=O)C(CC)c3ccccc3)CC2)n1. The average molecular weight is 367 g/mol. The zero-order chi connectivity index (χ0) is 19.2. The van der Waals surface area contributed by atoms with Gasteiger partial charge in [0.1, 0.15) is 5.82 Å². The molecule has 1 aliphatic rings. The highest BCUT2D eigenvalue weighted by atomic mass is 16.2. The summed E-state index contributed by atoms with van der Waals surface area (Å²) in [6.07, 6.45) is 0.820. The van der Waals surface area contributed by atoms with Gasteiger partial charge in [-0.3, -0.25) is 4.79 Å². The number of aryl methyl sites for hydroxylation is 1. The monoisotopic (exact) mass is 367 g/mol. The third kappa shape index (κ3) is 4.56. The van der Waals surface area contributed by atoms with E-state index in [1.54, 1.807) is 0 Å². The Morgan fingerprint density at radius 3 is 2.44 bits per heavy atom. The summed E-state index contributed by atoms with van der Waals surface area (Å²) in [7, 11) is 0. The Bertz CT molecular complexity index is 756. The van der Waals surface area contributed by atoms with Crippen LogP contribution in [0.1, 0.15) is 37.4 Å². The summed E-state index contributed by atoms with van der Waals surface area (Å²) in [6.45, 7) is 9.92. The van der Waals surface area contributed by atoms with Crippen molar-refractivity contribution in [2.45, 2.75) is 33.1 Å². The van der Waals surface area contributed by atoms with Crippen LogP contribution in [0.4, 0.5) is 11.8 Å². The number of rotatable bonds is 6. The highest BCUT2D eigenvalue weighted by Crippen LogP contribution is 2.24. The van der Waals surface area contributed by atoms with Crippen LogP contribution in [0, 0.1) is 6.92 Å². The van der Waals surface area contributed by atoms with Gasteiger partial charge in [0.05, 0.1) is 5.92 Å². The van der Waals surface area contributed by atoms with Gasteiger partial charge in [-0.15, -0.1) is 0 Å². The van der Waals surface area contributed by atoms with E-state index in [4.69, 9.17) is 0 Å². The molecule has 2 heterocycles. The van der Waals surface area contributed by atoms with Crippen molar-refractivity contribution >= 4 is 17.7 Å². The van der Waals surface area contributed by atoms with Gasteiger partial charge in [-0.25, -0.2) is 4.98 Å². The van der Waals surface area contributed by atoms with E-state index in [2.05, 4.69) is 27.1 Å². The Morgan fingerprint density at radius 1 is 1.11 bits per heavy atom. The van der Waals surface area contributed by atoms with Gasteiger partial charge in [0.25, 0.3) is 0 Å². The summed E-state index contributed by atoms with van der Waals surface area (Å²) in [5.74, 6) is 1.77. The summed E-state index contributed by atoms with van der Waals surface area (Å²) < 4.78 is 0. The number of nitrogens with zero attached hydrogens (tertiary/aromatic N) is 4. The fourth-order valence-electron chi connectivity index (χ4n) is 3.57. The Balaban J connectivity index is 1.65. The molecule has 1 unspecified atom stereocenters. The van der Waals surface area contributed by atoms with Gasteiger partial charge in [0, 0.05) is 44.5 Å². The number of carbonyl (C=O) groups excluding carboxylic acids is 1. The smallest absolute Gasteiger partial charge is 0.230 e. The van der Waals surface area contributed by atoms with Crippen molar-refractivity contribution in [2.75, 3.05) is 42.9 Å². The van der Waals surface area contributed by atoms with E-state index in [0.29, 0.717) is 5.95 Å². The molecule has 2 aromatic rings. The molecule has 1 aliphatic heterocycles. The number of benzene rings is 1. The van der Waals surface area contributed by atoms with E-state index >= 15 is 0 Å². The molecule has 144 valence electrons. The minimum absolute atomic E-state index is 0.0561. The number of amides is 1. The summed E-state index contributed by atoms with van der Waals surface area (Å²) in [5, 5.41) is 3.18. The summed E-state index contributed by atoms with van der Waals surface area (Å²) in [6, 6.07) is 12.1. The largest absolute Gasteiger partial charge is 0.354 e. The first kappa shape index (κ1) is 19.1. The van der Waals surface area contributed by atoms with E-state index in [-0.39, 0.29) is 11.8 Å². The second-order valence-electron chi connectivity index (χ2n) is 6.91. The second-order valence-corrected chi connectivity index (χ2v) is 6.91. The quantitative estimate of drug-likeness (QED) is 0.850. The minimum atomic E-state index is -0.0561. The zero-order valence-corrected chi connectivity index (χ0v) is 16.5. The average Bonchev–Trinajstić information content (AvgIpc) is 2.69. The minimum Gasteiger partial charge on any atom is -0.354 e. The first-order valence-electron chi connectivity index (χ1n) is 9.80. The lowest BCUT2D eigenvalue weighted by Gasteiger charge is -2.37. The molecule has 1 saturated heterocycles. The number of piperazine rings is 1. The predicted octanol–water partition coefficient (Wildman–Crippen LogP) is 3.06. The van der Waals surface area contributed by atoms with Crippen molar-refractivity contribution in [3.63, 3.8) is 0 Å². The highest BCUT2D eigenvalue weighted by molar-refractivity contribution is 5.84. The molecule has 3 rings (SSSR count). The lowest BCUT2D eigenvalue weighted by Crippen LogP contribution is -2.50. The molecule has 0 radical (unpaired) electrons. The first-order chi connectivity index (χ1) is 13.1. The van der Waals surface area contributed by atoms with Crippen LogP contribution in [-0.4, -0.2) is 53.5 Å². The number of aromatic nitrogens is 2. The fourth-order valence-corrected chi connectivity index (χ4v) is 3.57. The van der Waals surface area contributed by atoms with Crippen LogP contribution in [-0.2, 0) is 4.79 Å². The molecule has 1 atom stereocenters. The maximum absolute atomic E-state index is 13.0. The van der Waals surface area contributed by atoms with Crippen molar-refractivity contribution in [2.24, 2.45) is 0 Å². The van der Waals surface area contributed by atoms with Gasteiger partial charge in [-0.1, -0.05) is 37.3 Å². The third-order valence-corrected chi connectivity index (χ3v) is 5.00. The molecule has 1 aromatic heterocycles. The molecule has 6 heteroatoms. The van der Waals surface area contributed by atoms with Gasteiger partial charge in [-0.2, -0.15) is 4.98 Å². The predicted molar refractivity (Wildman–Crippen MR) is 109 cm³/mol. The van der Waals surface area contributed by atoms with Gasteiger partial charge < -0.3 is 15.1 Å². The fraction of sp³-hybridized carbons (Fsp3) is 0.476. The topological polar surface area (TPSA) is 61.4 Å². The molecule has 1 fully saturated rings. The molecule has 0 aliphatic carbocycles. The van der Waals surface area contributed by atoms with Crippen molar-refractivity contribution in [3.8, 4) is 0 Å². The van der Waals surface area contributed by atoms with Crippen LogP contribution >= 0.6 is 0 Å². The Labute approximate surface area is 161 Å². The van der Waals surface area contributed by atoms with E-state index in [1.165, 1.54) is 0 Å². The number of anilines is 2. The number of carbonyl (C=O) groups is 1. The molecule has 6 nitrogen and oxygen atoms in total. The van der Waals surface area contributed by atoms with E-state index in [0.717, 1.165) is 56.2 Å². The van der Waals surface area contributed by atoms with Crippen LogP contribution in [0.25, 0.3) is 0 Å². The number of hydrogen-bond acceptors (Lipinski definition) is 5. The van der Waals surface area contributed by atoms with E-state index in [1.807, 2.05) is 55.1 Å². The lowest BCUT2D eigenvalue weighted by molar-refractivity contribution is -0.133. The van der Waals surface area contributed by atoms with Gasteiger partial charge in [0.15, 0.2) is 0 Å². The standard InChI is InChI=1S/C21H29N5O/c1-4-18(17-9-7-6-8-10-17)20(27)26-13-11-25(12-14-26)19-15-16(3)23-21(24-19)22-5-2/h6-10,15,18H,4-5,11-14H2,1-3H3,(H,22,23,24). The Hall–Kier alpha value is -2.63. The molecule has 0 saturated carbocycles. The summed E-state index contributed by atoms with van der Waals surface area (Å²) in [4.78, 5) is 26.3. The van der Waals surface area contributed by atoms with Gasteiger partial charge in [-0.05, 0) is 25.8 Å². The zero-order valence-electron chi connectivity index (χ0n) is 16.5. The van der Waals surface area contributed by atoms with Gasteiger partial charge in [0.2, 0.25) is 11.9 Å². The maximum Gasteiger partial charge on any atom is 0.230 e. The Kier molecular flexibility index (Phi) is 6.27. The molecule has 1 N–H and O–H groups in total. The van der Waals surface area contributed by atoms with E-state index in [9.17, 15) is 4.79 Å². The summed E-state index contributed by atoms with van der Waals surface area (Å²) in [5.41, 5.74) is 2.05. The van der Waals surface area contributed by atoms with Gasteiger partial charge >= 0.3 is 0 Å². The molecule has 0 bridgehead atoms. The van der Waals surface area contributed by atoms with Crippen LogP contribution in [0.2, 0.25) is 0 Å². The highest BCUT2D eigenvalue weighted by Gasteiger charge is 2.28. The molecule has 27 heavy (non-hydrogen) atoms. The first-order valence-corrected chi connectivity index (χ1v) is 9.80. The number of hydrogen-bond donors (Lipinski definition) is 1. The third-order valence-electron chi connectivity index (χ3n) is 5.00.